The van der Waals surface area contributed by atoms with Crippen molar-refractivity contribution >= 4 is 39.3 Å². The quantitative estimate of drug-likeness (QED) is 0.626. The Labute approximate surface area is 160 Å². The third-order valence-corrected chi connectivity index (χ3v) is 4.11. The van der Waals surface area contributed by atoms with Crippen LogP contribution in [0.15, 0.2) is 53.0 Å². The number of amides is 3. The monoisotopic (exact) mass is 417 g/mol. The third kappa shape index (κ3) is 6.00. The Kier molecular flexibility index (Phi) is 7.35. The number of unbranched alkanes of at least 4 members (excludes halogenated alkanes) is 1. The zero-order valence-electron chi connectivity index (χ0n) is 14.3. The van der Waals surface area contributed by atoms with Gasteiger partial charge in [0.2, 0.25) is 5.91 Å². The number of carbonyl (C=O) groups excluding carboxylic acids is 3. The molecule has 136 valence electrons. The second kappa shape index (κ2) is 9.72. The summed E-state index contributed by atoms with van der Waals surface area (Å²) < 4.78 is 0.861. The molecule has 0 fully saturated rings. The fraction of sp³-hybridized carbons (Fsp3) is 0.211. The van der Waals surface area contributed by atoms with Crippen LogP contribution in [-0.2, 0) is 4.79 Å². The van der Waals surface area contributed by atoms with Crippen molar-refractivity contribution in [3.8, 4) is 0 Å². The van der Waals surface area contributed by atoms with Crippen LogP contribution in [0.3, 0.4) is 0 Å². The molecule has 2 aromatic rings. The predicted octanol–water partition coefficient (Wildman–Crippen LogP) is 3.65. The second-order valence-corrected chi connectivity index (χ2v) is 6.56. The number of carbonyl (C=O) groups is 3. The first-order valence-corrected chi connectivity index (χ1v) is 9.05. The van der Waals surface area contributed by atoms with E-state index in [1.807, 2.05) is 6.92 Å². The Bertz CT molecular complexity index is 774. The minimum absolute atomic E-state index is 0.0502. The molecule has 0 heterocycles. The maximum atomic E-state index is 12.1. The fourth-order valence-electron chi connectivity index (χ4n) is 2.12. The molecule has 0 aliphatic carbocycles. The zero-order valence-corrected chi connectivity index (χ0v) is 15.9. The molecule has 0 aliphatic rings. The van der Waals surface area contributed by atoms with Crippen molar-refractivity contribution in [2.45, 2.75) is 26.2 Å². The van der Waals surface area contributed by atoms with Crippen LogP contribution in [0.4, 0.5) is 5.69 Å². The van der Waals surface area contributed by atoms with Crippen LogP contribution in [0.2, 0.25) is 0 Å². The molecule has 2 aromatic carbocycles. The molecule has 0 saturated heterocycles. The van der Waals surface area contributed by atoms with E-state index >= 15 is 0 Å². The molecule has 0 bridgehead atoms. The molecule has 0 spiro atoms. The van der Waals surface area contributed by atoms with Gasteiger partial charge in [0, 0.05) is 27.7 Å². The van der Waals surface area contributed by atoms with Gasteiger partial charge in [-0.15, -0.1) is 0 Å². The van der Waals surface area contributed by atoms with E-state index in [1.165, 1.54) is 0 Å². The SMILES string of the molecule is CCCCC(=O)Nc1ccc(C(=O)NNC(=O)c2ccc(Br)cc2)cc1. The van der Waals surface area contributed by atoms with Crippen LogP contribution in [-0.4, -0.2) is 17.7 Å². The topological polar surface area (TPSA) is 87.3 Å². The number of anilines is 1. The molecule has 0 saturated carbocycles. The van der Waals surface area contributed by atoms with Crippen molar-refractivity contribution < 1.29 is 14.4 Å². The number of nitrogens with one attached hydrogen (secondary N) is 3. The van der Waals surface area contributed by atoms with E-state index in [0.29, 0.717) is 23.2 Å². The van der Waals surface area contributed by atoms with Gasteiger partial charge in [-0.2, -0.15) is 0 Å². The molecule has 0 radical (unpaired) electrons. The highest BCUT2D eigenvalue weighted by atomic mass is 79.9. The summed E-state index contributed by atoms with van der Waals surface area (Å²) in [6, 6.07) is 13.2. The third-order valence-electron chi connectivity index (χ3n) is 3.58. The summed E-state index contributed by atoms with van der Waals surface area (Å²) in [4.78, 5) is 35.7. The number of hydrazine groups is 1. The van der Waals surface area contributed by atoms with Crippen LogP contribution in [0.1, 0.15) is 46.9 Å². The molecule has 26 heavy (non-hydrogen) atoms. The number of rotatable bonds is 6. The van der Waals surface area contributed by atoms with Crippen molar-refractivity contribution in [1.29, 1.82) is 0 Å². The molecule has 7 heteroatoms. The lowest BCUT2D eigenvalue weighted by molar-refractivity contribution is -0.116. The predicted molar refractivity (Wildman–Crippen MR) is 104 cm³/mol. The molecule has 3 amide bonds. The molecule has 6 nitrogen and oxygen atoms in total. The molecule has 2 rings (SSSR count). The largest absolute Gasteiger partial charge is 0.326 e. The standard InChI is InChI=1S/C19H20BrN3O3/c1-2-3-4-17(24)21-16-11-7-14(8-12-16)19(26)23-22-18(25)13-5-9-15(20)10-6-13/h5-12H,2-4H2,1H3,(H,21,24)(H,22,25)(H,23,26). The van der Waals surface area contributed by atoms with E-state index in [4.69, 9.17) is 0 Å². The van der Waals surface area contributed by atoms with E-state index in [-0.39, 0.29) is 5.91 Å². The normalized spacial score (nSPS) is 10.1. The van der Waals surface area contributed by atoms with Gasteiger partial charge < -0.3 is 5.32 Å². The highest BCUT2D eigenvalue weighted by Crippen LogP contribution is 2.11. The zero-order chi connectivity index (χ0) is 18.9. The molecule has 0 aromatic heterocycles. The van der Waals surface area contributed by atoms with Crippen LogP contribution in [0, 0.1) is 0 Å². The molecular formula is C19H20BrN3O3. The van der Waals surface area contributed by atoms with Gasteiger partial charge in [-0.05, 0) is 55.0 Å². The van der Waals surface area contributed by atoms with E-state index in [2.05, 4.69) is 32.1 Å². The second-order valence-electron chi connectivity index (χ2n) is 5.64. The van der Waals surface area contributed by atoms with E-state index < -0.39 is 11.8 Å². The van der Waals surface area contributed by atoms with Gasteiger partial charge >= 0.3 is 0 Å². The minimum atomic E-state index is -0.445. The summed E-state index contributed by atoms with van der Waals surface area (Å²) in [6.07, 6.45) is 2.27. The van der Waals surface area contributed by atoms with E-state index in [1.54, 1.807) is 48.5 Å². The average molecular weight is 418 g/mol. The number of hydrogen-bond acceptors (Lipinski definition) is 3. The van der Waals surface area contributed by atoms with Crippen molar-refractivity contribution in [3.05, 3.63) is 64.1 Å². The Morgan fingerprint density at radius 3 is 1.85 bits per heavy atom. The Morgan fingerprint density at radius 1 is 0.846 bits per heavy atom. The maximum absolute atomic E-state index is 12.1. The molecule has 0 aliphatic heterocycles. The van der Waals surface area contributed by atoms with E-state index in [9.17, 15) is 14.4 Å². The molecule has 3 N–H and O–H groups in total. The highest BCUT2D eigenvalue weighted by molar-refractivity contribution is 9.10. The first-order chi connectivity index (χ1) is 12.5. The van der Waals surface area contributed by atoms with E-state index in [0.717, 1.165) is 17.3 Å². The summed E-state index contributed by atoms with van der Waals surface area (Å²) in [5, 5.41) is 2.77. The van der Waals surface area contributed by atoms with Gasteiger partial charge in [0.05, 0.1) is 0 Å². The summed E-state index contributed by atoms with van der Waals surface area (Å²) in [7, 11) is 0. The molecule has 0 atom stereocenters. The summed E-state index contributed by atoms with van der Waals surface area (Å²) in [5.74, 6) is -0.907. The van der Waals surface area contributed by atoms with Gasteiger partial charge in [0.25, 0.3) is 11.8 Å². The lowest BCUT2D eigenvalue weighted by atomic mass is 10.2. The van der Waals surface area contributed by atoms with Crippen molar-refractivity contribution in [2.75, 3.05) is 5.32 Å². The lowest BCUT2D eigenvalue weighted by Crippen LogP contribution is -2.41. The lowest BCUT2D eigenvalue weighted by Gasteiger charge is -2.09. The number of hydrogen-bond donors (Lipinski definition) is 3. The van der Waals surface area contributed by atoms with Gasteiger partial charge in [0.1, 0.15) is 0 Å². The van der Waals surface area contributed by atoms with Crippen molar-refractivity contribution in [1.82, 2.24) is 10.9 Å². The van der Waals surface area contributed by atoms with Crippen molar-refractivity contribution in [2.24, 2.45) is 0 Å². The highest BCUT2D eigenvalue weighted by Gasteiger charge is 2.09. The fourth-order valence-corrected chi connectivity index (χ4v) is 2.39. The van der Waals surface area contributed by atoms with Crippen molar-refractivity contribution in [3.63, 3.8) is 0 Å². The Morgan fingerprint density at radius 2 is 1.35 bits per heavy atom. The van der Waals surface area contributed by atoms with Crippen LogP contribution in [0.5, 0.6) is 0 Å². The summed E-state index contributed by atoms with van der Waals surface area (Å²) in [5.41, 5.74) is 6.15. The Balaban J connectivity index is 1.86. The first-order valence-electron chi connectivity index (χ1n) is 8.25. The van der Waals surface area contributed by atoms with Gasteiger partial charge in [-0.25, -0.2) is 0 Å². The van der Waals surface area contributed by atoms with Crippen LogP contribution >= 0.6 is 15.9 Å². The molecule has 0 unspecified atom stereocenters. The maximum Gasteiger partial charge on any atom is 0.269 e. The number of halogens is 1. The summed E-state index contributed by atoms with van der Waals surface area (Å²) in [6.45, 7) is 2.02. The summed E-state index contributed by atoms with van der Waals surface area (Å²) >= 11 is 3.29. The van der Waals surface area contributed by atoms with Crippen LogP contribution in [0.25, 0.3) is 0 Å². The molecular weight excluding hydrogens is 398 g/mol. The first kappa shape index (κ1) is 19.7. The number of benzene rings is 2. The Hall–Kier alpha value is -2.67. The van der Waals surface area contributed by atoms with Gasteiger partial charge in [-0.1, -0.05) is 29.3 Å². The van der Waals surface area contributed by atoms with Gasteiger partial charge in [0.15, 0.2) is 0 Å². The van der Waals surface area contributed by atoms with Crippen LogP contribution < -0.4 is 16.2 Å². The smallest absolute Gasteiger partial charge is 0.269 e. The average Bonchev–Trinajstić information content (AvgIpc) is 2.65. The minimum Gasteiger partial charge on any atom is -0.326 e. The van der Waals surface area contributed by atoms with Gasteiger partial charge in [-0.3, -0.25) is 25.2 Å².